The molecular formula is C22H25ClF3N3O4S. The van der Waals surface area contributed by atoms with Crippen molar-refractivity contribution in [3.63, 3.8) is 0 Å². The lowest BCUT2D eigenvalue weighted by Crippen LogP contribution is -2.51. The Hall–Kier alpha value is -2.79. The van der Waals surface area contributed by atoms with Crippen molar-refractivity contribution in [1.29, 1.82) is 0 Å². The van der Waals surface area contributed by atoms with Gasteiger partial charge in [-0.05, 0) is 36.2 Å². The summed E-state index contributed by atoms with van der Waals surface area (Å²) in [5.41, 5.74) is -0.864. The first-order chi connectivity index (χ1) is 15.8. The Labute approximate surface area is 201 Å². The van der Waals surface area contributed by atoms with E-state index in [2.05, 4.69) is 5.32 Å². The number of hydrogen-bond acceptors (Lipinski definition) is 4. The summed E-state index contributed by atoms with van der Waals surface area (Å²) in [6, 6.07) is 9.35. The highest BCUT2D eigenvalue weighted by Crippen LogP contribution is 2.32. The molecule has 34 heavy (non-hydrogen) atoms. The van der Waals surface area contributed by atoms with Crippen LogP contribution in [0.3, 0.4) is 0 Å². The molecule has 0 aliphatic heterocycles. The molecular weight excluding hydrogens is 495 g/mol. The molecule has 7 nitrogen and oxygen atoms in total. The Balaban J connectivity index is 2.49. The lowest BCUT2D eigenvalue weighted by Gasteiger charge is -2.32. The van der Waals surface area contributed by atoms with Gasteiger partial charge in [-0.3, -0.25) is 13.9 Å². The van der Waals surface area contributed by atoms with Gasteiger partial charge in [-0.15, -0.1) is 0 Å². The monoisotopic (exact) mass is 519 g/mol. The molecule has 0 spiro atoms. The van der Waals surface area contributed by atoms with E-state index < -0.39 is 46.2 Å². The van der Waals surface area contributed by atoms with Gasteiger partial charge in [-0.25, -0.2) is 8.42 Å². The first-order valence-corrected chi connectivity index (χ1v) is 12.4. The van der Waals surface area contributed by atoms with Crippen LogP contribution in [0.1, 0.15) is 24.5 Å². The second kappa shape index (κ2) is 11.1. The summed E-state index contributed by atoms with van der Waals surface area (Å²) < 4.78 is 65.1. The number of nitrogens with zero attached hydrogens (tertiary/aromatic N) is 2. The van der Waals surface area contributed by atoms with E-state index in [0.717, 1.165) is 24.5 Å². The van der Waals surface area contributed by atoms with E-state index in [1.54, 1.807) is 31.2 Å². The molecule has 0 bridgehead atoms. The van der Waals surface area contributed by atoms with Gasteiger partial charge in [0, 0.05) is 18.6 Å². The van der Waals surface area contributed by atoms with Crippen molar-refractivity contribution in [1.82, 2.24) is 10.2 Å². The van der Waals surface area contributed by atoms with Crippen LogP contribution in [0.15, 0.2) is 48.5 Å². The quantitative estimate of drug-likeness (QED) is 0.547. The number of likely N-dealkylation sites (N-methyl/N-ethyl adjacent to an activating group) is 1. The molecule has 2 aromatic carbocycles. The minimum absolute atomic E-state index is 0.107. The van der Waals surface area contributed by atoms with Crippen molar-refractivity contribution in [3.05, 3.63) is 64.7 Å². The summed E-state index contributed by atoms with van der Waals surface area (Å²) in [5.74, 6) is -1.26. The molecule has 2 amide bonds. The van der Waals surface area contributed by atoms with Gasteiger partial charge in [0.25, 0.3) is 0 Å². The first-order valence-electron chi connectivity index (χ1n) is 10.2. The highest BCUT2D eigenvalue weighted by atomic mass is 35.5. The molecule has 12 heteroatoms. The Morgan fingerprint density at radius 1 is 1.12 bits per heavy atom. The Morgan fingerprint density at radius 2 is 1.76 bits per heavy atom. The van der Waals surface area contributed by atoms with Crippen LogP contribution >= 0.6 is 11.6 Å². The standard InChI is InChI=1S/C22H25ClF3N3O4S/c1-4-19(21(31)27-2)28(13-15-8-5-6-11-18(15)23)20(30)14-29(34(3,32)33)17-10-7-9-16(12-17)22(24,25)26/h5-12,19H,4,13-14H2,1-3H3,(H,27,31). The van der Waals surface area contributed by atoms with Crippen LogP contribution in [0.2, 0.25) is 5.02 Å². The van der Waals surface area contributed by atoms with E-state index in [1.807, 2.05) is 0 Å². The summed E-state index contributed by atoms with van der Waals surface area (Å²) in [6.07, 6.45) is -3.71. The van der Waals surface area contributed by atoms with Gasteiger partial charge in [0.1, 0.15) is 12.6 Å². The number of anilines is 1. The summed E-state index contributed by atoms with van der Waals surface area (Å²) in [4.78, 5) is 27.0. The average Bonchev–Trinajstić information content (AvgIpc) is 2.76. The van der Waals surface area contributed by atoms with Crippen LogP contribution in [0.4, 0.5) is 18.9 Å². The van der Waals surface area contributed by atoms with Gasteiger partial charge in [-0.1, -0.05) is 42.8 Å². The largest absolute Gasteiger partial charge is 0.416 e. The number of hydrogen-bond donors (Lipinski definition) is 1. The molecule has 1 unspecified atom stereocenters. The number of rotatable bonds is 9. The maximum atomic E-state index is 13.4. The summed E-state index contributed by atoms with van der Waals surface area (Å²) in [7, 11) is -2.76. The zero-order valence-electron chi connectivity index (χ0n) is 18.8. The Morgan fingerprint density at radius 3 is 2.29 bits per heavy atom. The summed E-state index contributed by atoms with van der Waals surface area (Å²) in [5, 5.41) is 2.81. The second-order valence-corrected chi connectivity index (χ2v) is 9.78. The number of carbonyl (C=O) groups is 2. The second-order valence-electron chi connectivity index (χ2n) is 7.47. The van der Waals surface area contributed by atoms with Gasteiger partial charge >= 0.3 is 6.18 Å². The van der Waals surface area contributed by atoms with Crippen molar-refractivity contribution >= 4 is 39.1 Å². The lowest BCUT2D eigenvalue weighted by molar-refractivity contribution is -0.140. The van der Waals surface area contributed by atoms with Gasteiger partial charge in [0.15, 0.2) is 0 Å². The van der Waals surface area contributed by atoms with Gasteiger partial charge in [0.2, 0.25) is 21.8 Å². The van der Waals surface area contributed by atoms with Crippen molar-refractivity contribution < 1.29 is 31.2 Å². The molecule has 0 radical (unpaired) electrons. The van der Waals surface area contributed by atoms with E-state index in [0.29, 0.717) is 21.0 Å². The number of carbonyl (C=O) groups excluding carboxylic acids is 2. The van der Waals surface area contributed by atoms with Crippen LogP contribution in [0.5, 0.6) is 0 Å². The molecule has 0 saturated heterocycles. The van der Waals surface area contributed by atoms with Crippen LogP contribution < -0.4 is 9.62 Å². The number of halogens is 4. The number of sulfonamides is 1. The molecule has 2 rings (SSSR count). The van der Waals surface area contributed by atoms with E-state index in [4.69, 9.17) is 11.6 Å². The molecule has 1 atom stereocenters. The topological polar surface area (TPSA) is 86.8 Å². The Bertz CT molecular complexity index is 1140. The molecule has 1 N–H and O–H groups in total. The number of nitrogens with one attached hydrogen (secondary N) is 1. The molecule has 0 aromatic heterocycles. The molecule has 0 aliphatic rings. The normalized spacial score (nSPS) is 12.7. The van der Waals surface area contributed by atoms with Gasteiger partial charge in [0.05, 0.1) is 17.5 Å². The zero-order valence-corrected chi connectivity index (χ0v) is 20.3. The zero-order chi connectivity index (χ0) is 25.7. The highest BCUT2D eigenvalue weighted by Gasteiger charge is 2.34. The fraction of sp³-hybridized carbons (Fsp3) is 0.364. The van der Waals surface area contributed by atoms with Crippen molar-refractivity contribution in [2.75, 3.05) is 24.2 Å². The third-order valence-corrected chi connectivity index (χ3v) is 6.58. The molecule has 0 saturated carbocycles. The lowest BCUT2D eigenvalue weighted by atomic mass is 10.1. The maximum absolute atomic E-state index is 13.4. The molecule has 186 valence electrons. The molecule has 0 aliphatic carbocycles. The number of benzene rings is 2. The molecule has 0 heterocycles. The van der Waals surface area contributed by atoms with E-state index in [1.165, 1.54) is 11.9 Å². The van der Waals surface area contributed by atoms with Crippen molar-refractivity contribution in [2.24, 2.45) is 0 Å². The van der Waals surface area contributed by atoms with E-state index in [9.17, 15) is 31.2 Å². The van der Waals surface area contributed by atoms with Crippen LogP contribution in [-0.4, -0.2) is 51.0 Å². The predicted molar refractivity (Wildman–Crippen MR) is 124 cm³/mol. The highest BCUT2D eigenvalue weighted by molar-refractivity contribution is 7.92. The Kier molecular flexibility index (Phi) is 8.96. The van der Waals surface area contributed by atoms with E-state index >= 15 is 0 Å². The molecule has 0 fully saturated rings. The molecule has 2 aromatic rings. The number of amides is 2. The minimum Gasteiger partial charge on any atom is -0.357 e. The maximum Gasteiger partial charge on any atom is 0.416 e. The van der Waals surface area contributed by atoms with Crippen LogP contribution in [-0.2, 0) is 32.3 Å². The fourth-order valence-corrected chi connectivity index (χ4v) is 4.38. The summed E-state index contributed by atoms with van der Waals surface area (Å²) >= 11 is 6.22. The SMILES string of the molecule is CCC(C(=O)NC)N(Cc1ccccc1Cl)C(=O)CN(c1cccc(C(F)(F)F)c1)S(C)(=O)=O. The first kappa shape index (κ1) is 27.5. The fourth-order valence-electron chi connectivity index (χ4n) is 3.35. The van der Waals surface area contributed by atoms with Gasteiger partial charge in [-0.2, -0.15) is 13.2 Å². The van der Waals surface area contributed by atoms with Crippen LogP contribution in [0, 0.1) is 0 Å². The van der Waals surface area contributed by atoms with Crippen LogP contribution in [0.25, 0.3) is 0 Å². The number of alkyl halides is 3. The van der Waals surface area contributed by atoms with Crippen molar-refractivity contribution in [2.45, 2.75) is 32.1 Å². The average molecular weight is 520 g/mol. The van der Waals surface area contributed by atoms with Gasteiger partial charge < -0.3 is 10.2 Å². The predicted octanol–water partition coefficient (Wildman–Crippen LogP) is 3.68. The van der Waals surface area contributed by atoms with Crippen molar-refractivity contribution in [3.8, 4) is 0 Å². The minimum atomic E-state index is -4.70. The summed E-state index contributed by atoms with van der Waals surface area (Å²) in [6.45, 7) is 0.761. The third kappa shape index (κ3) is 6.86. The van der Waals surface area contributed by atoms with E-state index in [-0.39, 0.29) is 18.7 Å². The third-order valence-electron chi connectivity index (χ3n) is 5.07. The smallest absolute Gasteiger partial charge is 0.357 e.